The molecular formula is C17H26ClFN2. The van der Waals surface area contributed by atoms with Crippen molar-refractivity contribution in [2.75, 3.05) is 13.1 Å². The van der Waals surface area contributed by atoms with Crippen LogP contribution >= 0.6 is 11.6 Å². The Morgan fingerprint density at radius 3 is 2.86 bits per heavy atom. The van der Waals surface area contributed by atoms with Crippen molar-refractivity contribution in [3.05, 3.63) is 34.6 Å². The monoisotopic (exact) mass is 312 g/mol. The Bertz CT molecular complexity index is 490. The normalized spacial score (nSPS) is 24.0. The van der Waals surface area contributed by atoms with Crippen molar-refractivity contribution in [1.29, 1.82) is 0 Å². The predicted octanol–water partition coefficient (Wildman–Crippen LogP) is 4.08. The van der Waals surface area contributed by atoms with Crippen LogP contribution in [0.3, 0.4) is 0 Å². The molecule has 1 fully saturated rings. The Hall–Kier alpha value is -0.640. The van der Waals surface area contributed by atoms with E-state index in [9.17, 15) is 4.39 Å². The number of hydrogen-bond acceptors (Lipinski definition) is 2. The standard InChI is InChI=1S/C17H26ClFN2/c1-5-12(2)16-10-21(17(3,4)11-20-16)9-13-8-14(18)6-7-15(13)19/h6-8,12,16,20H,5,9-11H2,1-4H3. The first-order valence-corrected chi connectivity index (χ1v) is 8.13. The van der Waals surface area contributed by atoms with Gasteiger partial charge in [-0.05, 0) is 38.0 Å². The van der Waals surface area contributed by atoms with E-state index in [4.69, 9.17) is 11.6 Å². The second-order valence-corrected chi connectivity index (χ2v) is 7.24. The summed E-state index contributed by atoms with van der Waals surface area (Å²) in [6.45, 7) is 11.4. The summed E-state index contributed by atoms with van der Waals surface area (Å²) in [6.07, 6.45) is 1.15. The summed E-state index contributed by atoms with van der Waals surface area (Å²) in [4.78, 5) is 2.37. The highest BCUT2D eigenvalue weighted by atomic mass is 35.5. The van der Waals surface area contributed by atoms with Crippen molar-refractivity contribution in [2.24, 2.45) is 5.92 Å². The number of nitrogens with one attached hydrogen (secondary N) is 1. The highest BCUT2D eigenvalue weighted by Gasteiger charge is 2.35. The highest BCUT2D eigenvalue weighted by molar-refractivity contribution is 6.30. The summed E-state index contributed by atoms with van der Waals surface area (Å²) < 4.78 is 14.0. The summed E-state index contributed by atoms with van der Waals surface area (Å²) >= 11 is 6.01. The van der Waals surface area contributed by atoms with Gasteiger partial charge in [-0.3, -0.25) is 4.90 Å². The number of rotatable bonds is 4. The van der Waals surface area contributed by atoms with E-state index in [0.29, 0.717) is 29.1 Å². The van der Waals surface area contributed by atoms with Gasteiger partial charge in [-0.2, -0.15) is 0 Å². The fourth-order valence-electron chi connectivity index (χ4n) is 2.86. The minimum atomic E-state index is -0.172. The fourth-order valence-corrected chi connectivity index (χ4v) is 3.05. The van der Waals surface area contributed by atoms with Gasteiger partial charge in [0.25, 0.3) is 0 Å². The van der Waals surface area contributed by atoms with Crippen LogP contribution in [0.25, 0.3) is 0 Å². The minimum absolute atomic E-state index is 0.0126. The zero-order valence-electron chi connectivity index (χ0n) is 13.4. The molecule has 1 aromatic carbocycles. The lowest BCUT2D eigenvalue weighted by Crippen LogP contribution is -2.62. The van der Waals surface area contributed by atoms with Crippen LogP contribution in [-0.2, 0) is 6.54 Å². The average molecular weight is 313 g/mol. The Morgan fingerprint density at radius 2 is 2.19 bits per heavy atom. The van der Waals surface area contributed by atoms with Crippen molar-refractivity contribution < 1.29 is 4.39 Å². The maximum Gasteiger partial charge on any atom is 0.127 e. The van der Waals surface area contributed by atoms with Crippen LogP contribution in [0, 0.1) is 11.7 Å². The molecule has 0 radical (unpaired) electrons. The molecule has 0 saturated carbocycles. The molecular weight excluding hydrogens is 287 g/mol. The quantitative estimate of drug-likeness (QED) is 0.901. The molecule has 2 nitrogen and oxygen atoms in total. The number of piperazine rings is 1. The van der Waals surface area contributed by atoms with Gasteiger partial charge in [-0.15, -0.1) is 0 Å². The second-order valence-electron chi connectivity index (χ2n) is 6.80. The molecule has 0 aromatic heterocycles. The van der Waals surface area contributed by atoms with E-state index in [0.717, 1.165) is 19.5 Å². The summed E-state index contributed by atoms with van der Waals surface area (Å²) in [5, 5.41) is 4.24. The molecule has 1 saturated heterocycles. The molecule has 1 heterocycles. The SMILES string of the molecule is CCC(C)C1CN(Cc2cc(Cl)ccc2F)C(C)(C)CN1. The van der Waals surface area contributed by atoms with E-state index in [1.165, 1.54) is 6.07 Å². The largest absolute Gasteiger partial charge is 0.311 e. The van der Waals surface area contributed by atoms with Crippen LogP contribution in [0.5, 0.6) is 0 Å². The molecule has 0 amide bonds. The van der Waals surface area contributed by atoms with E-state index >= 15 is 0 Å². The molecule has 0 spiro atoms. The zero-order chi connectivity index (χ0) is 15.6. The lowest BCUT2D eigenvalue weighted by Gasteiger charge is -2.47. The number of nitrogens with zero attached hydrogens (tertiary/aromatic N) is 1. The highest BCUT2D eigenvalue weighted by Crippen LogP contribution is 2.26. The second kappa shape index (κ2) is 6.64. The number of benzene rings is 1. The average Bonchev–Trinajstić information content (AvgIpc) is 2.44. The van der Waals surface area contributed by atoms with Crippen LogP contribution in [-0.4, -0.2) is 29.6 Å². The topological polar surface area (TPSA) is 15.3 Å². The smallest absolute Gasteiger partial charge is 0.127 e. The van der Waals surface area contributed by atoms with Gasteiger partial charge in [0, 0.05) is 41.8 Å². The van der Waals surface area contributed by atoms with Crippen molar-refractivity contribution >= 4 is 11.6 Å². The van der Waals surface area contributed by atoms with E-state index in [1.807, 2.05) is 0 Å². The third-order valence-corrected chi connectivity index (χ3v) is 5.00. The summed E-state index contributed by atoms with van der Waals surface area (Å²) in [5.74, 6) is 0.446. The first-order valence-electron chi connectivity index (χ1n) is 7.76. The van der Waals surface area contributed by atoms with Crippen LogP contribution in [0.1, 0.15) is 39.7 Å². The van der Waals surface area contributed by atoms with Gasteiger partial charge in [0.15, 0.2) is 0 Å². The predicted molar refractivity (Wildman–Crippen MR) is 87.1 cm³/mol. The van der Waals surface area contributed by atoms with Crippen molar-refractivity contribution in [2.45, 2.75) is 52.2 Å². The lowest BCUT2D eigenvalue weighted by molar-refractivity contribution is 0.0440. The molecule has 118 valence electrons. The zero-order valence-corrected chi connectivity index (χ0v) is 14.2. The van der Waals surface area contributed by atoms with Gasteiger partial charge < -0.3 is 5.32 Å². The van der Waals surface area contributed by atoms with Gasteiger partial charge in [-0.25, -0.2) is 4.39 Å². The third-order valence-electron chi connectivity index (χ3n) is 4.77. The van der Waals surface area contributed by atoms with Gasteiger partial charge in [0.1, 0.15) is 5.82 Å². The third kappa shape index (κ3) is 3.97. The number of halogens is 2. The molecule has 4 heteroatoms. The van der Waals surface area contributed by atoms with Gasteiger partial charge in [-0.1, -0.05) is 31.9 Å². The first-order chi connectivity index (χ1) is 9.83. The van der Waals surface area contributed by atoms with Crippen LogP contribution in [0.4, 0.5) is 4.39 Å². The van der Waals surface area contributed by atoms with Crippen LogP contribution in [0.2, 0.25) is 5.02 Å². The molecule has 2 rings (SSSR count). The summed E-state index contributed by atoms with van der Waals surface area (Å²) in [7, 11) is 0. The molecule has 21 heavy (non-hydrogen) atoms. The molecule has 0 bridgehead atoms. The van der Waals surface area contributed by atoms with E-state index < -0.39 is 0 Å². The first kappa shape index (κ1) is 16.7. The minimum Gasteiger partial charge on any atom is -0.311 e. The molecule has 1 aliphatic rings. The summed E-state index contributed by atoms with van der Waals surface area (Å²) in [6, 6.07) is 5.27. The summed E-state index contributed by atoms with van der Waals surface area (Å²) in [5.41, 5.74) is 0.694. The lowest BCUT2D eigenvalue weighted by atomic mass is 9.90. The van der Waals surface area contributed by atoms with E-state index in [1.54, 1.807) is 12.1 Å². The molecule has 2 unspecified atom stereocenters. The van der Waals surface area contributed by atoms with Gasteiger partial charge in [0.05, 0.1) is 0 Å². The molecule has 1 aromatic rings. The molecule has 2 atom stereocenters. The molecule has 1 N–H and O–H groups in total. The Morgan fingerprint density at radius 1 is 1.48 bits per heavy atom. The van der Waals surface area contributed by atoms with Gasteiger partial charge >= 0.3 is 0 Å². The maximum atomic E-state index is 14.0. The van der Waals surface area contributed by atoms with Crippen LogP contribution in [0.15, 0.2) is 18.2 Å². The Kier molecular flexibility index (Phi) is 5.29. The Balaban J connectivity index is 2.16. The molecule has 0 aliphatic carbocycles. The number of hydrogen-bond donors (Lipinski definition) is 1. The van der Waals surface area contributed by atoms with E-state index in [-0.39, 0.29) is 11.4 Å². The van der Waals surface area contributed by atoms with E-state index in [2.05, 4.69) is 37.9 Å². The fraction of sp³-hybridized carbons (Fsp3) is 0.647. The van der Waals surface area contributed by atoms with Crippen molar-refractivity contribution in [1.82, 2.24) is 10.2 Å². The van der Waals surface area contributed by atoms with Gasteiger partial charge in [0.2, 0.25) is 0 Å². The Labute approximate surface area is 132 Å². The van der Waals surface area contributed by atoms with Crippen molar-refractivity contribution in [3.8, 4) is 0 Å². The van der Waals surface area contributed by atoms with Crippen molar-refractivity contribution in [3.63, 3.8) is 0 Å². The maximum absolute atomic E-state index is 14.0. The van der Waals surface area contributed by atoms with Crippen LogP contribution < -0.4 is 5.32 Å². The molecule has 1 aliphatic heterocycles.